The first-order valence-electron chi connectivity index (χ1n) is 6.25. The Balaban J connectivity index is 2.08. The minimum Gasteiger partial charge on any atom is -0.395 e. The summed E-state index contributed by atoms with van der Waals surface area (Å²) in [6.07, 6.45) is -3.83. The topological polar surface area (TPSA) is 136 Å². The Morgan fingerprint density at radius 1 is 1.14 bits per heavy atom. The average molecular weight is 316 g/mol. The number of hydrogen-bond acceptors (Lipinski definition) is 8. The van der Waals surface area contributed by atoms with Crippen molar-refractivity contribution in [2.24, 2.45) is 0 Å². The van der Waals surface area contributed by atoms with E-state index in [4.69, 9.17) is 0 Å². The minimum atomic E-state index is -1.38. The monoisotopic (exact) mass is 316 g/mol. The number of aliphatic hydroxyl groups is 4. The molecule has 0 amide bonds. The summed E-state index contributed by atoms with van der Waals surface area (Å²) in [5, 5.41) is 50.8. The molecule has 1 aromatic carbocycles. The second kappa shape index (κ2) is 6.58. The standard InChI is InChI=1S/C12H16N2O6S/c15-5-8-9(16)10(17)11(18)12(21-8)13-6-1-3-7(4-2-6)14(19)20/h1-4,8-13,15-18H,5H2/t8-,9-,10+,11-,12-/m1/s1. The van der Waals surface area contributed by atoms with Crippen LogP contribution in [0, 0.1) is 10.1 Å². The van der Waals surface area contributed by atoms with E-state index in [1.54, 1.807) is 0 Å². The van der Waals surface area contributed by atoms with Gasteiger partial charge in [-0.2, -0.15) is 0 Å². The molecule has 0 aliphatic carbocycles. The third kappa shape index (κ3) is 3.44. The third-order valence-corrected chi connectivity index (χ3v) is 4.75. The smallest absolute Gasteiger partial charge is 0.269 e. The zero-order valence-electron chi connectivity index (χ0n) is 10.9. The van der Waals surface area contributed by atoms with Crippen LogP contribution in [0.1, 0.15) is 0 Å². The summed E-state index contributed by atoms with van der Waals surface area (Å²) >= 11 is 1.10. The van der Waals surface area contributed by atoms with Crippen LogP contribution in [0.25, 0.3) is 0 Å². The molecule has 1 aromatic rings. The van der Waals surface area contributed by atoms with Crippen LogP contribution < -0.4 is 5.32 Å². The number of anilines is 1. The predicted molar refractivity (Wildman–Crippen MR) is 77.0 cm³/mol. The molecule has 0 unspecified atom stereocenters. The van der Waals surface area contributed by atoms with Crippen molar-refractivity contribution in [1.82, 2.24) is 0 Å². The Labute approximate surface area is 124 Å². The van der Waals surface area contributed by atoms with Gasteiger partial charge < -0.3 is 25.7 Å². The molecule has 1 aliphatic heterocycles. The molecule has 0 radical (unpaired) electrons. The van der Waals surface area contributed by atoms with Crippen LogP contribution in [0.3, 0.4) is 0 Å². The van der Waals surface area contributed by atoms with E-state index < -0.39 is 33.9 Å². The molecule has 21 heavy (non-hydrogen) atoms. The first-order valence-corrected chi connectivity index (χ1v) is 7.20. The van der Waals surface area contributed by atoms with Gasteiger partial charge in [0.1, 0.15) is 17.6 Å². The lowest BCUT2D eigenvalue weighted by atomic mass is 10.0. The van der Waals surface area contributed by atoms with Gasteiger partial charge in [0.05, 0.1) is 22.9 Å². The molecular formula is C12H16N2O6S. The number of rotatable bonds is 4. The lowest BCUT2D eigenvalue weighted by Gasteiger charge is -2.39. The normalized spacial score (nSPS) is 32.7. The SMILES string of the molecule is O=[N+]([O-])c1ccc(N[C@@H]2S[C@H](CO)[C@@H](O)[C@H](O)[C@H]2O)cc1. The summed E-state index contributed by atoms with van der Waals surface area (Å²) in [7, 11) is 0. The fraction of sp³-hybridized carbons (Fsp3) is 0.500. The molecule has 2 rings (SSSR count). The van der Waals surface area contributed by atoms with E-state index in [-0.39, 0.29) is 12.3 Å². The Morgan fingerprint density at radius 2 is 1.76 bits per heavy atom. The quantitative estimate of drug-likeness (QED) is 0.371. The minimum absolute atomic E-state index is 0.0545. The van der Waals surface area contributed by atoms with E-state index in [2.05, 4.69) is 5.32 Å². The highest BCUT2D eigenvalue weighted by Crippen LogP contribution is 2.33. The molecule has 0 aromatic heterocycles. The van der Waals surface area contributed by atoms with Crippen LogP contribution in [0.2, 0.25) is 0 Å². The first kappa shape index (κ1) is 16.0. The maximum Gasteiger partial charge on any atom is 0.269 e. The van der Waals surface area contributed by atoms with Gasteiger partial charge in [-0.1, -0.05) is 0 Å². The number of nitro groups is 1. The molecule has 0 spiro atoms. The summed E-state index contributed by atoms with van der Waals surface area (Å²) in [4.78, 5) is 10.0. The van der Waals surface area contributed by atoms with Gasteiger partial charge in [0, 0.05) is 17.8 Å². The van der Waals surface area contributed by atoms with Crippen molar-refractivity contribution in [1.29, 1.82) is 0 Å². The zero-order chi connectivity index (χ0) is 15.6. The average Bonchev–Trinajstić information content (AvgIpc) is 2.48. The predicted octanol–water partition coefficient (Wildman–Crippen LogP) is -0.477. The Hall–Kier alpha value is -1.39. The highest BCUT2D eigenvalue weighted by molar-refractivity contribution is 8.00. The number of aliphatic hydroxyl groups excluding tert-OH is 4. The molecule has 5 atom stereocenters. The summed E-state index contributed by atoms with van der Waals surface area (Å²) < 4.78 is 0. The highest BCUT2D eigenvalue weighted by Gasteiger charge is 2.43. The van der Waals surface area contributed by atoms with E-state index in [1.807, 2.05) is 0 Å². The van der Waals surface area contributed by atoms with E-state index in [9.17, 15) is 30.5 Å². The molecule has 1 heterocycles. The van der Waals surface area contributed by atoms with Crippen molar-refractivity contribution in [3.05, 3.63) is 34.4 Å². The summed E-state index contributed by atoms with van der Waals surface area (Å²) in [6.45, 7) is -0.339. The summed E-state index contributed by atoms with van der Waals surface area (Å²) in [5.74, 6) is 0. The number of non-ortho nitro benzene ring substituents is 1. The molecule has 0 bridgehead atoms. The largest absolute Gasteiger partial charge is 0.395 e. The number of nitro benzene ring substituents is 1. The molecule has 1 aliphatic rings. The van der Waals surface area contributed by atoms with Crippen molar-refractivity contribution in [2.45, 2.75) is 28.9 Å². The van der Waals surface area contributed by atoms with E-state index in [0.717, 1.165) is 11.8 Å². The van der Waals surface area contributed by atoms with Crippen LogP contribution >= 0.6 is 11.8 Å². The highest BCUT2D eigenvalue weighted by atomic mass is 32.2. The fourth-order valence-electron chi connectivity index (χ4n) is 2.06. The van der Waals surface area contributed by atoms with Gasteiger partial charge in [0.15, 0.2) is 0 Å². The molecule has 1 fully saturated rings. The summed E-state index contributed by atoms with van der Waals surface area (Å²) in [5.41, 5.74) is 0.471. The number of nitrogens with zero attached hydrogens (tertiary/aromatic N) is 1. The molecule has 116 valence electrons. The van der Waals surface area contributed by atoms with E-state index in [1.165, 1.54) is 24.3 Å². The second-order valence-corrected chi connectivity index (χ2v) is 6.08. The third-order valence-electron chi connectivity index (χ3n) is 3.28. The first-order chi connectivity index (χ1) is 9.93. The summed E-state index contributed by atoms with van der Waals surface area (Å²) in [6, 6.07) is 5.60. The number of nitrogens with one attached hydrogen (secondary N) is 1. The van der Waals surface area contributed by atoms with Crippen molar-refractivity contribution in [3.8, 4) is 0 Å². The van der Waals surface area contributed by atoms with E-state index in [0.29, 0.717) is 5.69 Å². The second-order valence-electron chi connectivity index (χ2n) is 4.70. The van der Waals surface area contributed by atoms with Crippen LogP contribution in [-0.4, -0.2) is 60.9 Å². The van der Waals surface area contributed by atoms with Crippen LogP contribution in [0.15, 0.2) is 24.3 Å². The van der Waals surface area contributed by atoms with Crippen molar-refractivity contribution >= 4 is 23.1 Å². The maximum atomic E-state index is 10.6. The van der Waals surface area contributed by atoms with Crippen molar-refractivity contribution in [2.75, 3.05) is 11.9 Å². The van der Waals surface area contributed by atoms with Crippen molar-refractivity contribution < 1.29 is 25.3 Å². The van der Waals surface area contributed by atoms with Crippen molar-refractivity contribution in [3.63, 3.8) is 0 Å². The van der Waals surface area contributed by atoms with Gasteiger partial charge in [0.25, 0.3) is 5.69 Å². The molecule has 5 N–H and O–H groups in total. The maximum absolute atomic E-state index is 10.6. The van der Waals surface area contributed by atoms with Gasteiger partial charge in [-0.05, 0) is 12.1 Å². The van der Waals surface area contributed by atoms with Crippen LogP contribution in [0.4, 0.5) is 11.4 Å². The van der Waals surface area contributed by atoms with Gasteiger partial charge in [-0.25, -0.2) is 0 Å². The molecule has 9 heteroatoms. The van der Waals surface area contributed by atoms with Gasteiger partial charge in [0.2, 0.25) is 0 Å². The Bertz CT molecular complexity index is 497. The van der Waals surface area contributed by atoms with E-state index >= 15 is 0 Å². The lowest BCUT2D eigenvalue weighted by Crippen LogP contribution is -2.56. The Morgan fingerprint density at radius 3 is 2.29 bits per heavy atom. The van der Waals surface area contributed by atoms with Crippen LogP contribution in [-0.2, 0) is 0 Å². The lowest BCUT2D eigenvalue weighted by molar-refractivity contribution is -0.384. The molecular weight excluding hydrogens is 300 g/mol. The Kier molecular flexibility index (Phi) is 5.01. The molecule has 8 nitrogen and oxygen atoms in total. The van der Waals surface area contributed by atoms with Gasteiger partial charge in [-0.3, -0.25) is 10.1 Å². The number of hydrogen-bond donors (Lipinski definition) is 5. The fourth-order valence-corrected chi connectivity index (χ4v) is 3.38. The zero-order valence-corrected chi connectivity index (χ0v) is 11.7. The number of thioether (sulfide) groups is 1. The molecule has 0 saturated carbocycles. The van der Waals surface area contributed by atoms with Gasteiger partial charge in [-0.15, -0.1) is 11.8 Å². The van der Waals surface area contributed by atoms with Crippen LogP contribution in [0.5, 0.6) is 0 Å². The van der Waals surface area contributed by atoms with Gasteiger partial charge >= 0.3 is 0 Å². The molecule has 1 saturated heterocycles. The number of benzene rings is 1.